The molecule has 2 N–H and O–H groups in total. The van der Waals surface area contributed by atoms with Crippen LogP contribution in [0.4, 0.5) is 5.82 Å². The van der Waals surface area contributed by atoms with Gasteiger partial charge in [0.2, 0.25) is 0 Å². The van der Waals surface area contributed by atoms with Crippen LogP contribution in [0.15, 0.2) is 42.9 Å². The molecule has 2 aliphatic rings. The quantitative estimate of drug-likeness (QED) is 0.744. The molecule has 0 unspecified atom stereocenters. The Balaban J connectivity index is 1.43. The molecule has 1 aliphatic heterocycles. The van der Waals surface area contributed by atoms with Crippen molar-refractivity contribution in [3.8, 4) is 0 Å². The Bertz CT molecular complexity index is 936. The molecule has 1 atom stereocenters. The van der Waals surface area contributed by atoms with E-state index in [1.807, 2.05) is 25.6 Å². The molecule has 128 valence electrons. The summed E-state index contributed by atoms with van der Waals surface area (Å²) in [5.74, 6) is 1.05. The van der Waals surface area contributed by atoms with Crippen molar-refractivity contribution < 1.29 is 0 Å². The van der Waals surface area contributed by atoms with Crippen LogP contribution in [0.1, 0.15) is 30.0 Å². The van der Waals surface area contributed by atoms with Crippen molar-refractivity contribution in [3.63, 3.8) is 0 Å². The first-order valence-electron chi connectivity index (χ1n) is 9.02. The number of aryl methyl sites for hydroxylation is 1. The number of imidazole rings is 1. The van der Waals surface area contributed by atoms with Gasteiger partial charge in [-0.15, -0.1) is 0 Å². The fourth-order valence-corrected chi connectivity index (χ4v) is 4.78. The molecule has 1 fully saturated rings. The third kappa shape index (κ3) is 2.12. The normalized spacial score (nSPS) is 21.8. The average Bonchev–Trinajstić information content (AvgIpc) is 3.15. The Morgan fingerprint density at radius 3 is 2.72 bits per heavy atom. The Morgan fingerprint density at radius 1 is 1.12 bits per heavy atom. The van der Waals surface area contributed by atoms with Gasteiger partial charge in [0.15, 0.2) is 5.82 Å². The predicted octanol–water partition coefficient (Wildman–Crippen LogP) is 2.81. The summed E-state index contributed by atoms with van der Waals surface area (Å²) in [6, 6.07) is 10.8. The Kier molecular flexibility index (Phi) is 3.16. The van der Waals surface area contributed by atoms with Crippen LogP contribution in [-0.2, 0) is 13.5 Å². The Labute approximate surface area is 147 Å². The second-order valence-corrected chi connectivity index (χ2v) is 7.56. The zero-order valence-corrected chi connectivity index (χ0v) is 14.5. The van der Waals surface area contributed by atoms with Gasteiger partial charge in [0.25, 0.3) is 0 Å². The first-order chi connectivity index (χ1) is 12.2. The number of fused-ring (bicyclic) bond motifs is 2. The number of piperidine rings is 1. The molecule has 2 aromatic heterocycles. The summed E-state index contributed by atoms with van der Waals surface area (Å²) in [6.45, 7) is 2.00. The summed E-state index contributed by atoms with van der Waals surface area (Å²) in [5, 5.41) is 0. The van der Waals surface area contributed by atoms with E-state index < -0.39 is 0 Å². The van der Waals surface area contributed by atoms with Crippen LogP contribution in [0.5, 0.6) is 0 Å². The lowest BCUT2D eigenvalue weighted by molar-refractivity contribution is 0.187. The van der Waals surface area contributed by atoms with E-state index in [4.69, 9.17) is 5.73 Å². The van der Waals surface area contributed by atoms with Gasteiger partial charge in [-0.25, -0.2) is 9.97 Å². The summed E-state index contributed by atoms with van der Waals surface area (Å²) in [5.41, 5.74) is 11.8. The van der Waals surface area contributed by atoms with Gasteiger partial charge in [-0.2, -0.15) is 0 Å². The molecule has 5 heteroatoms. The van der Waals surface area contributed by atoms with E-state index >= 15 is 0 Å². The molecule has 3 aromatic rings. The van der Waals surface area contributed by atoms with E-state index in [0.717, 1.165) is 49.2 Å². The van der Waals surface area contributed by atoms with Crippen molar-refractivity contribution in [3.05, 3.63) is 54.0 Å². The molecular weight excluding hydrogens is 310 g/mol. The number of aromatic nitrogens is 3. The average molecular weight is 333 g/mol. The van der Waals surface area contributed by atoms with Gasteiger partial charge >= 0.3 is 0 Å². The van der Waals surface area contributed by atoms with E-state index in [1.165, 1.54) is 11.1 Å². The molecule has 1 aliphatic carbocycles. The molecule has 1 spiro atoms. The number of benzene rings is 1. The van der Waals surface area contributed by atoms with Gasteiger partial charge in [0, 0.05) is 32.4 Å². The number of hydrogen-bond acceptors (Lipinski definition) is 4. The Hall–Kier alpha value is -2.40. The molecule has 1 aromatic carbocycles. The maximum absolute atomic E-state index is 6.69. The predicted molar refractivity (Wildman–Crippen MR) is 99.5 cm³/mol. The lowest BCUT2D eigenvalue weighted by Gasteiger charge is -2.42. The smallest absolute Gasteiger partial charge is 0.154 e. The highest BCUT2D eigenvalue weighted by Gasteiger charge is 2.46. The van der Waals surface area contributed by atoms with Gasteiger partial charge < -0.3 is 15.2 Å². The van der Waals surface area contributed by atoms with Crippen LogP contribution in [0.25, 0.3) is 11.0 Å². The number of pyridine rings is 1. The van der Waals surface area contributed by atoms with Crippen molar-refractivity contribution in [2.75, 3.05) is 18.0 Å². The highest BCUT2D eigenvalue weighted by molar-refractivity contribution is 5.86. The molecule has 5 rings (SSSR count). The highest BCUT2D eigenvalue weighted by Crippen LogP contribution is 2.51. The van der Waals surface area contributed by atoms with E-state index in [2.05, 4.69) is 43.7 Å². The molecule has 0 radical (unpaired) electrons. The number of hydrogen-bond donors (Lipinski definition) is 1. The third-order valence-electron chi connectivity index (χ3n) is 6.26. The van der Waals surface area contributed by atoms with E-state index in [0.29, 0.717) is 0 Å². The second kappa shape index (κ2) is 5.30. The number of nitrogens with zero attached hydrogens (tertiary/aromatic N) is 4. The molecular formula is C20H23N5. The summed E-state index contributed by atoms with van der Waals surface area (Å²) in [7, 11) is 2.04. The fraction of sp³-hybridized carbons (Fsp3) is 0.400. The first-order valence-corrected chi connectivity index (χ1v) is 9.02. The summed E-state index contributed by atoms with van der Waals surface area (Å²) < 4.78 is 2.07. The summed E-state index contributed by atoms with van der Waals surface area (Å²) in [6.07, 6.45) is 7.07. The van der Waals surface area contributed by atoms with Crippen LogP contribution in [0, 0.1) is 5.41 Å². The topological polar surface area (TPSA) is 60.0 Å². The molecule has 25 heavy (non-hydrogen) atoms. The second-order valence-electron chi connectivity index (χ2n) is 7.56. The SMILES string of the molecule is Cn1cnc2ccnc(N3CCC4(CC3)Cc3ccccc3[C@H]4N)c21. The molecule has 5 nitrogen and oxygen atoms in total. The summed E-state index contributed by atoms with van der Waals surface area (Å²) >= 11 is 0. The van der Waals surface area contributed by atoms with Crippen molar-refractivity contribution in [1.29, 1.82) is 0 Å². The van der Waals surface area contributed by atoms with Crippen LogP contribution in [0.2, 0.25) is 0 Å². The molecule has 3 heterocycles. The fourth-order valence-electron chi connectivity index (χ4n) is 4.78. The monoisotopic (exact) mass is 333 g/mol. The van der Waals surface area contributed by atoms with E-state index in [1.54, 1.807) is 0 Å². The standard InChI is InChI=1S/C20H23N5/c1-24-13-23-16-6-9-22-19(17(16)24)25-10-7-20(8-11-25)12-14-4-2-3-5-15(14)18(20)21/h2-6,9,13,18H,7-8,10-12,21H2,1H3/t18-/m1/s1. The van der Waals surface area contributed by atoms with Crippen molar-refractivity contribution in [2.24, 2.45) is 18.2 Å². The number of nitrogens with two attached hydrogens (primary N) is 1. The van der Waals surface area contributed by atoms with E-state index in [-0.39, 0.29) is 11.5 Å². The third-order valence-corrected chi connectivity index (χ3v) is 6.26. The first kappa shape index (κ1) is 14.9. The maximum Gasteiger partial charge on any atom is 0.154 e. The van der Waals surface area contributed by atoms with Crippen molar-refractivity contribution >= 4 is 16.9 Å². The zero-order valence-electron chi connectivity index (χ0n) is 14.5. The van der Waals surface area contributed by atoms with Gasteiger partial charge in [-0.1, -0.05) is 24.3 Å². The van der Waals surface area contributed by atoms with Gasteiger partial charge in [0.05, 0.1) is 11.8 Å². The Morgan fingerprint density at radius 2 is 1.92 bits per heavy atom. The minimum Gasteiger partial charge on any atom is -0.355 e. The minimum atomic E-state index is 0.159. The van der Waals surface area contributed by atoms with Crippen molar-refractivity contribution in [1.82, 2.24) is 14.5 Å². The number of rotatable bonds is 1. The van der Waals surface area contributed by atoms with Gasteiger partial charge in [-0.3, -0.25) is 0 Å². The largest absolute Gasteiger partial charge is 0.355 e. The summed E-state index contributed by atoms with van der Waals surface area (Å²) in [4.78, 5) is 11.5. The molecule has 1 saturated heterocycles. The van der Waals surface area contributed by atoms with Crippen LogP contribution >= 0.6 is 0 Å². The lowest BCUT2D eigenvalue weighted by Crippen LogP contribution is -2.44. The molecule has 0 bridgehead atoms. The van der Waals surface area contributed by atoms with Crippen LogP contribution in [-0.4, -0.2) is 27.6 Å². The molecule has 0 amide bonds. The van der Waals surface area contributed by atoms with Crippen LogP contribution < -0.4 is 10.6 Å². The van der Waals surface area contributed by atoms with Crippen molar-refractivity contribution in [2.45, 2.75) is 25.3 Å². The van der Waals surface area contributed by atoms with Crippen LogP contribution in [0.3, 0.4) is 0 Å². The highest BCUT2D eigenvalue weighted by atomic mass is 15.2. The maximum atomic E-state index is 6.69. The zero-order chi connectivity index (χ0) is 17.0. The minimum absolute atomic E-state index is 0.159. The van der Waals surface area contributed by atoms with E-state index in [9.17, 15) is 0 Å². The number of anilines is 1. The lowest BCUT2D eigenvalue weighted by atomic mass is 9.73. The molecule has 0 saturated carbocycles. The van der Waals surface area contributed by atoms with Gasteiger partial charge in [-0.05, 0) is 41.9 Å². The van der Waals surface area contributed by atoms with Gasteiger partial charge in [0.1, 0.15) is 5.52 Å².